The van der Waals surface area contributed by atoms with Gasteiger partial charge in [0, 0.05) is 0 Å². The van der Waals surface area contributed by atoms with E-state index in [1.165, 1.54) is 44.5 Å². The van der Waals surface area contributed by atoms with Crippen LogP contribution in [0, 0.1) is 13.8 Å². The van der Waals surface area contributed by atoms with Gasteiger partial charge in [0.2, 0.25) is 0 Å². The van der Waals surface area contributed by atoms with Gasteiger partial charge in [0.25, 0.3) is 0 Å². The Hall–Kier alpha value is -0.747. The van der Waals surface area contributed by atoms with Crippen LogP contribution in [0.4, 0.5) is 0 Å². The number of allylic oxidation sites excluding steroid dienone is 2. The Labute approximate surface area is 170 Å². The molecule has 0 saturated heterocycles. The van der Waals surface area contributed by atoms with Gasteiger partial charge >= 0.3 is 172 Å². The second-order valence-electron chi connectivity index (χ2n) is 8.42. The minimum absolute atomic E-state index is 0.120. The zero-order chi connectivity index (χ0) is 19.6. The molecule has 0 heterocycles. The predicted molar refractivity (Wildman–Crippen MR) is 119 cm³/mol. The summed E-state index contributed by atoms with van der Waals surface area (Å²) in [4.78, 5) is 0. The van der Waals surface area contributed by atoms with Crippen molar-refractivity contribution in [2.75, 3.05) is 0 Å². The second kappa shape index (κ2) is 6.38. The average molecular weight is 477 g/mol. The van der Waals surface area contributed by atoms with Crippen LogP contribution >= 0.6 is 17.0 Å². The van der Waals surface area contributed by atoms with Gasteiger partial charge in [-0.2, -0.15) is 0 Å². The van der Waals surface area contributed by atoms with Crippen molar-refractivity contribution in [3.63, 3.8) is 0 Å². The molecular formula is C24H26Cl2Zr. The van der Waals surface area contributed by atoms with E-state index >= 15 is 0 Å². The Bertz CT molecular complexity index is 1020. The molecule has 2 aliphatic carbocycles. The Kier molecular flexibility index (Phi) is 4.62. The van der Waals surface area contributed by atoms with E-state index in [1.807, 2.05) is 0 Å². The number of benzene rings is 2. The van der Waals surface area contributed by atoms with Crippen molar-refractivity contribution < 1.29 is 15.9 Å². The molecule has 2 aromatic rings. The van der Waals surface area contributed by atoms with Gasteiger partial charge in [0.1, 0.15) is 0 Å². The van der Waals surface area contributed by atoms with Gasteiger partial charge in [0.15, 0.2) is 0 Å². The van der Waals surface area contributed by atoms with Crippen molar-refractivity contribution in [1.29, 1.82) is 0 Å². The number of fused-ring (bicyclic) bond motifs is 2. The molecule has 0 nitrogen and oxygen atoms in total. The molecule has 2 unspecified atom stereocenters. The summed E-state index contributed by atoms with van der Waals surface area (Å²) in [6.07, 6.45) is 4.57. The van der Waals surface area contributed by atoms with Crippen LogP contribution in [0.15, 0.2) is 47.5 Å². The van der Waals surface area contributed by atoms with Crippen molar-refractivity contribution in [2.45, 2.75) is 41.9 Å². The normalized spacial score (nSPS) is 21.5. The summed E-state index contributed by atoms with van der Waals surface area (Å²) in [6.45, 7) is 10.8. The van der Waals surface area contributed by atoms with E-state index in [-0.39, 0.29) is 7.25 Å². The fourth-order valence-corrected chi connectivity index (χ4v) is 23.4. The molecule has 27 heavy (non-hydrogen) atoms. The van der Waals surface area contributed by atoms with E-state index in [4.69, 9.17) is 17.0 Å². The SMILES string of the molecule is C[CH]=[Zr]([Cl])([Cl])([CH]1C(C)=Cc2ccc(C)cc21)[CH]1C(C)=Cc2ccc(C)cc21. The molecule has 2 atom stereocenters. The van der Waals surface area contributed by atoms with Crippen molar-refractivity contribution in [1.82, 2.24) is 0 Å². The number of aryl methyl sites for hydroxylation is 2. The van der Waals surface area contributed by atoms with E-state index in [9.17, 15) is 0 Å². The summed E-state index contributed by atoms with van der Waals surface area (Å²) < 4.78 is 2.47. The van der Waals surface area contributed by atoms with Crippen LogP contribution in [0.3, 0.4) is 0 Å². The molecule has 0 aromatic heterocycles. The molecule has 0 aliphatic heterocycles. The third-order valence-electron chi connectivity index (χ3n) is 6.44. The van der Waals surface area contributed by atoms with Crippen LogP contribution in [0.25, 0.3) is 12.2 Å². The average Bonchev–Trinajstić information content (AvgIpc) is 3.10. The van der Waals surface area contributed by atoms with Gasteiger partial charge in [-0.05, 0) is 0 Å². The molecule has 0 N–H and O–H groups in total. The van der Waals surface area contributed by atoms with Crippen LogP contribution in [0.5, 0.6) is 0 Å². The zero-order valence-electron chi connectivity index (χ0n) is 16.6. The van der Waals surface area contributed by atoms with E-state index in [1.54, 1.807) is 0 Å². The molecule has 0 bridgehead atoms. The second-order valence-corrected chi connectivity index (χ2v) is 29.8. The molecule has 2 aliphatic rings. The fourth-order valence-electron chi connectivity index (χ4n) is 5.26. The van der Waals surface area contributed by atoms with Gasteiger partial charge < -0.3 is 0 Å². The molecule has 0 saturated carbocycles. The van der Waals surface area contributed by atoms with Crippen LogP contribution in [0.1, 0.15) is 61.4 Å². The molecule has 2 aromatic carbocycles. The number of hydrogen-bond acceptors (Lipinski definition) is 0. The van der Waals surface area contributed by atoms with Crippen LogP contribution < -0.4 is 0 Å². The molecule has 4 rings (SSSR count). The van der Waals surface area contributed by atoms with E-state index < -0.39 is 15.9 Å². The summed E-state index contributed by atoms with van der Waals surface area (Å²) in [5, 5.41) is 0. The minimum atomic E-state index is -4.49. The summed E-state index contributed by atoms with van der Waals surface area (Å²) in [7, 11) is 15.6. The third-order valence-corrected chi connectivity index (χ3v) is 26.1. The van der Waals surface area contributed by atoms with E-state index in [0.717, 1.165) is 0 Å². The van der Waals surface area contributed by atoms with Crippen molar-refractivity contribution in [3.05, 3.63) is 80.9 Å². The standard InChI is InChI=1S/2C11H11.C2H4.2ClH.Zr/c2*1-8-3-4-10-6-9(2)7-11(10)5-8;1-2;;;/h2*3-7H,1-2H3;1H,2H3;2*1H;/q;;;;;+2/p-2. The molecule has 3 heteroatoms. The van der Waals surface area contributed by atoms with Crippen LogP contribution in [-0.4, -0.2) is 3.71 Å². The van der Waals surface area contributed by atoms with Crippen LogP contribution in [0.2, 0.25) is 0 Å². The Morgan fingerprint density at radius 1 is 0.741 bits per heavy atom. The number of hydrogen-bond donors (Lipinski definition) is 0. The van der Waals surface area contributed by atoms with Gasteiger partial charge in [0.05, 0.1) is 0 Å². The fraction of sp³-hybridized carbons (Fsp3) is 0.292. The first-order valence-electron chi connectivity index (χ1n) is 9.61. The first-order chi connectivity index (χ1) is 12.6. The first kappa shape index (κ1) is 19.6. The Morgan fingerprint density at radius 3 is 1.52 bits per heavy atom. The summed E-state index contributed by atoms with van der Waals surface area (Å²) in [5.41, 5.74) is 10.3. The van der Waals surface area contributed by atoms with Crippen molar-refractivity contribution in [2.24, 2.45) is 0 Å². The maximum absolute atomic E-state index is 7.78. The van der Waals surface area contributed by atoms with Crippen LogP contribution in [-0.2, 0) is 15.9 Å². The topological polar surface area (TPSA) is 0 Å². The van der Waals surface area contributed by atoms with Crippen molar-refractivity contribution >= 4 is 32.9 Å². The molecule has 140 valence electrons. The van der Waals surface area contributed by atoms with E-state index in [0.29, 0.717) is 0 Å². The zero-order valence-corrected chi connectivity index (χ0v) is 20.6. The quantitative estimate of drug-likeness (QED) is 0.416. The van der Waals surface area contributed by atoms with Gasteiger partial charge in [-0.1, -0.05) is 0 Å². The maximum atomic E-state index is 7.78. The third kappa shape index (κ3) is 2.85. The number of halogens is 2. The molecule has 0 radical (unpaired) electrons. The Balaban J connectivity index is 2.00. The first-order valence-corrected chi connectivity index (χ1v) is 20.2. The summed E-state index contributed by atoms with van der Waals surface area (Å²) in [6, 6.07) is 13.4. The monoisotopic (exact) mass is 474 g/mol. The molecule has 0 amide bonds. The molecule has 0 fully saturated rings. The van der Waals surface area contributed by atoms with Gasteiger partial charge in [-0.15, -0.1) is 0 Å². The molecule has 0 spiro atoms. The van der Waals surface area contributed by atoms with Crippen molar-refractivity contribution in [3.8, 4) is 0 Å². The van der Waals surface area contributed by atoms with Gasteiger partial charge in [-0.25, -0.2) is 0 Å². The predicted octanol–water partition coefficient (Wildman–Crippen LogP) is 7.74. The van der Waals surface area contributed by atoms with E-state index in [2.05, 4.69) is 86.9 Å². The Morgan fingerprint density at radius 2 is 1.15 bits per heavy atom. The summed E-state index contributed by atoms with van der Waals surface area (Å²) in [5.74, 6) is 0. The summed E-state index contributed by atoms with van der Waals surface area (Å²) >= 11 is -4.49. The molecular weight excluding hydrogens is 450 g/mol. The number of rotatable bonds is 2. The van der Waals surface area contributed by atoms with Gasteiger partial charge in [-0.3, -0.25) is 0 Å².